The molecule has 27 heavy (non-hydrogen) atoms. The maximum atomic E-state index is 12.5. The van der Waals surface area contributed by atoms with Crippen LogP contribution < -0.4 is 4.72 Å². The summed E-state index contributed by atoms with van der Waals surface area (Å²) in [5.41, 5.74) is 3.37. The third-order valence-electron chi connectivity index (χ3n) is 3.91. The molecule has 0 spiro atoms. The minimum absolute atomic E-state index is 0.0210. The van der Waals surface area contributed by atoms with Crippen molar-refractivity contribution in [3.8, 4) is 5.13 Å². The van der Waals surface area contributed by atoms with E-state index in [2.05, 4.69) is 14.8 Å². The lowest BCUT2D eigenvalue weighted by atomic mass is 10.2. The smallest absolute Gasteiger partial charge is 0.223 e. The Kier molecular flexibility index (Phi) is 5.93. The molecule has 1 aromatic carbocycles. The van der Waals surface area contributed by atoms with E-state index in [1.807, 2.05) is 25.3 Å². The van der Waals surface area contributed by atoms with E-state index in [4.69, 9.17) is 23.2 Å². The number of aryl methyl sites for hydroxylation is 3. The van der Waals surface area contributed by atoms with Gasteiger partial charge in [-0.05, 0) is 44.5 Å². The van der Waals surface area contributed by atoms with E-state index in [0.717, 1.165) is 22.2 Å². The highest BCUT2D eigenvalue weighted by molar-refractivity contribution is 7.89. The van der Waals surface area contributed by atoms with Crippen molar-refractivity contribution in [1.29, 1.82) is 0 Å². The monoisotopic (exact) mass is 444 g/mol. The number of nitrogens with one attached hydrogen (secondary N) is 1. The van der Waals surface area contributed by atoms with Crippen LogP contribution in [0.2, 0.25) is 10.0 Å². The zero-order valence-corrected chi connectivity index (χ0v) is 18.1. The summed E-state index contributed by atoms with van der Waals surface area (Å²) < 4.78 is 29.4. The maximum Gasteiger partial charge on any atom is 0.242 e. The van der Waals surface area contributed by atoms with Crippen molar-refractivity contribution in [3.05, 3.63) is 56.3 Å². The minimum atomic E-state index is -3.73. The van der Waals surface area contributed by atoms with Crippen LogP contribution in [-0.2, 0) is 16.4 Å². The number of aromatic nitrogens is 3. The number of hydrogen-bond acceptors (Lipinski definition) is 5. The Labute approximate surface area is 172 Å². The maximum absolute atomic E-state index is 12.5. The highest BCUT2D eigenvalue weighted by Gasteiger charge is 2.19. The second-order valence-corrected chi connectivity index (χ2v) is 9.53. The van der Waals surface area contributed by atoms with Crippen LogP contribution >= 0.6 is 34.5 Å². The fraction of sp³-hybridized carbons (Fsp3) is 0.294. The molecule has 3 rings (SSSR count). The number of benzene rings is 1. The van der Waals surface area contributed by atoms with Crippen molar-refractivity contribution in [2.75, 3.05) is 6.54 Å². The van der Waals surface area contributed by atoms with Crippen LogP contribution in [0.15, 0.2) is 28.5 Å². The van der Waals surface area contributed by atoms with Gasteiger partial charge in [-0.25, -0.2) is 22.8 Å². The van der Waals surface area contributed by atoms with Gasteiger partial charge in [0, 0.05) is 29.1 Å². The lowest BCUT2D eigenvalue weighted by Gasteiger charge is -2.09. The van der Waals surface area contributed by atoms with Gasteiger partial charge in [0.2, 0.25) is 15.2 Å². The van der Waals surface area contributed by atoms with Crippen molar-refractivity contribution in [3.63, 3.8) is 0 Å². The average Bonchev–Trinajstić information content (AvgIpc) is 3.16. The quantitative estimate of drug-likeness (QED) is 0.620. The highest BCUT2D eigenvalue weighted by Crippen LogP contribution is 2.28. The molecule has 0 aliphatic rings. The number of rotatable bonds is 6. The van der Waals surface area contributed by atoms with E-state index in [1.54, 1.807) is 11.6 Å². The molecule has 1 N–H and O–H groups in total. The Morgan fingerprint density at radius 1 is 1.15 bits per heavy atom. The molecule has 0 saturated heterocycles. The molecule has 0 aliphatic heterocycles. The number of thiazole rings is 1. The van der Waals surface area contributed by atoms with Gasteiger partial charge in [0.05, 0.1) is 16.4 Å². The van der Waals surface area contributed by atoms with Gasteiger partial charge < -0.3 is 0 Å². The molecule has 0 unspecified atom stereocenters. The third-order valence-corrected chi connectivity index (χ3v) is 7.10. The molecule has 6 nitrogen and oxygen atoms in total. The molecule has 144 valence electrons. The van der Waals surface area contributed by atoms with E-state index >= 15 is 0 Å². The minimum Gasteiger partial charge on any atom is -0.223 e. The molecule has 0 amide bonds. The van der Waals surface area contributed by atoms with E-state index < -0.39 is 10.0 Å². The van der Waals surface area contributed by atoms with Crippen LogP contribution in [0.25, 0.3) is 5.13 Å². The van der Waals surface area contributed by atoms with E-state index in [-0.39, 0.29) is 16.5 Å². The lowest BCUT2D eigenvalue weighted by Crippen LogP contribution is -2.26. The SMILES string of the molecule is Cc1cc(C)n(-c2nc(CCNS(=O)(=O)c3cc(C)c(Cl)cc3Cl)cs2)n1. The molecule has 0 bridgehead atoms. The van der Waals surface area contributed by atoms with Gasteiger partial charge in [-0.1, -0.05) is 23.2 Å². The van der Waals surface area contributed by atoms with Gasteiger partial charge in [-0.2, -0.15) is 5.10 Å². The molecule has 0 radical (unpaired) electrons. The van der Waals surface area contributed by atoms with Gasteiger partial charge in [0.15, 0.2) is 0 Å². The van der Waals surface area contributed by atoms with Gasteiger partial charge in [-0.3, -0.25) is 0 Å². The molecule has 0 aliphatic carbocycles. The molecule has 0 fully saturated rings. The Morgan fingerprint density at radius 3 is 2.56 bits per heavy atom. The van der Waals surface area contributed by atoms with Crippen LogP contribution in [0.4, 0.5) is 0 Å². The van der Waals surface area contributed by atoms with Crippen molar-refractivity contribution in [1.82, 2.24) is 19.5 Å². The molecule has 2 heterocycles. The summed E-state index contributed by atoms with van der Waals surface area (Å²) in [4.78, 5) is 4.55. The first-order valence-corrected chi connectivity index (χ1v) is 11.2. The van der Waals surface area contributed by atoms with Crippen LogP contribution in [0.3, 0.4) is 0 Å². The standard InChI is InChI=1S/C17H18Cl2N4O2S2/c1-10-6-16(15(19)8-14(10)18)27(24,25)20-5-4-13-9-26-17(21-13)23-12(3)7-11(2)22-23/h6-9,20H,4-5H2,1-3H3. The average molecular weight is 445 g/mol. The summed E-state index contributed by atoms with van der Waals surface area (Å²) in [6, 6.07) is 4.89. The summed E-state index contributed by atoms with van der Waals surface area (Å²) in [6.07, 6.45) is 0.458. The summed E-state index contributed by atoms with van der Waals surface area (Å²) in [6.45, 7) is 5.83. The Morgan fingerprint density at radius 2 is 1.89 bits per heavy atom. The molecule has 2 aromatic heterocycles. The first-order valence-electron chi connectivity index (χ1n) is 8.11. The van der Waals surface area contributed by atoms with Crippen molar-refractivity contribution in [2.45, 2.75) is 32.1 Å². The van der Waals surface area contributed by atoms with Gasteiger partial charge in [0.1, 0.15) is 4.90 Å². The fourth-order valence-corrected chi connectivity index (χ4v) is 5.29. The molecular formula is C17H18Cl2N4O2S2. The zero-order valence-electron chi connectivity index (χ0n) is 15.0. The Bertz CT molecular complexity index is 1090. The van der Waals surface area contributed by atoms with Gasteiger partial charge >= 0.3 is 0 Å². The molecule has 3 aromatic rings. The first kappa shape index (κ1) is 20.3. The van der Waals surface area contributed by atoms with Crippen LogP contribution in [0.5, 0.6) is 0 Å². The predicted molar refractivity (Wildman–Crippen MR) is 109 cm³/mol. The van der Waals surface area contributed by atoms with Crippen molar-refractivity contribution in [2.24, 2.45) is 0 Å². The number of sulfonamides is 1. The fourth-order valence-electron chi connectivity index (χ4n) is 2.56. The largest absolute Gasteiger partial charge is 0.242 e. The van der Waals surface area contributed by atoms with Crippen LogP contribution in [0, 0.1) is 20.8 Å². The number of nitrogens with zero attached hydrogens (tertiary/aromatic N) is 3. The van der Waals surface area contributed by atoms with E-state index in [1.165, 1.54) is 23.5 Å². The Hall–Kier alpha value is -1.45. The summed E-state index contributed by atoms with van der Waals surface area (Å²) in [5.74, 6) is 0. The summed E-state index contributed by atoms with van der Waals surface area (Å²) in [5, 5.41) is 7.59. The second-order valence-electron chi connectivity index (χ2n) is 6.14. The molecular weight excluding hydrogens is 427 g/mol. The van der Waals surface area contributed by atoms with Gasteiger partial charge in [-0.15, -0.1) is 11.3 Å². The first-order chi connectivity index (χ1) is 12.7. The Balaban J connectivity index is 1.68. The van der Waals surface area contributed by atoms with Crippen molar-refractivity contribution >= 4 is 44.6 Å². The van der Waals surface area contributed by atoms with Crippen molar-refractivity contribution < 1.29 is 8.42 Å². The van der Waals surface area contributed by atoms with Gasteiger partial charge in [0.25, 0.3) is 0 Å². The topological polar surface area (TPSA) is 76.9 Å². The second kappa shape index (κ2) is 7.89. The lowest BCUT2D eigenvalue weighted by molar-refractivity contribution is 0.581. The summed E-state index contributed by atoms with van der Waals surface area (Å²) >= 11 is 13.5. The normalized spacial score (nSPS) is 11.9. The highest BCUT2D eigenvalue weighted by atomic mass is 35.5. The zero-order chi connectivity index (χ0) is 19.8. The molecule has 0 atom stereocenters. The van der Waals surface area contributed by atoms with Crippen LogP contribution in [0.1, 0.15) is 22.6 Å². The number of halogens is 2. The summed E-state index contributed by atoms with van der Waals surface area (Å²) in [7, 11) is -3.73. The van der Waals surface area contributed by atoms with Crippen LogP contribution in [-0.4, -0.2) is 29.7 Å². The predicted octanol–water partition coefficient (Wildman–Crippen LogP) is 4.08. The van der Waals surface area contributed by atoms with E-state index in [9.17, 15) is 8.42 Å². The van der Waals surface area contributed by atoms with E-state index in [0.29, 0.717) is 17.0 Å². The number of hydrogen-bond donors (Lipinski definition) is 1. The molecule has 10 heteroatoms. The molecule has 0 saturated carbocycles. The third kappa shape index (κ3) is 4.52.